The van der Waals surface area contributed by atoms with Gasteiger partial charge in [-0.15, -0.1) is 0 Å². The van der Waals surface area contributed by atoms with Crippen LogP contribution in [0.2, 0.25) is 0 Å². The van der Waals surface area contributed by atoms with Gasteiger partial charge in [-0.05, 0) is 75.2 Å². The normalized spacial score (nSPS) is 24.1. The molecule has 1 aromatic heterocycles. The Morgan fingerprint density at radius 2 is 1.76 bits per heavy atom. The minimum absolute atomic E-state index is 0.0736. The molecule has 3 aliphatic rings. The van der Waals surface area contributed by atoms with Crippen LogP contribution in [0.25, 0.3) is 0 Å². The minimum atomic E-state index is -4.46. The second-order valence-electron chi connectivity index (χ2n) is 8.73. The highest BCUT2D eigenvalue weighted by molar-refractivity contribution is 7.13. The number of nitrogens with zero attached hydrogens (tertiary/aromatic N) is 3. The summed E-state index contributed by atoms with van der Waals surface area (Å²) in [6.45, 7) is 4.33. The number of para-hydroxylation sites is 1. The first kappa shape index (κ1) is 22.9. The van der Waals surface area contributed by atoms with E-state index >= 15 is 0 Å². The highest BCUT2D eigenvalue weighted by Gasteiger charge is 2.45. The van der Waals surface area contributed by atoms with E-state index in [1.165, 1.54) is 0 Å². The van der Waals surface area contributed by atoms with Crippen LogP contribution in [0.4, 0.5) is 18.9 Å². The largest absolute Gasteiger partial charge is 0.431 e. The molecular formula is C25H24F3N3O2S. The molecule has 0 saturated carbocycles. The number of ether oxygens (including phenoxy) is 1. The summed E-state index contributed by atoms with van der Waals surface area (Å²) in [6, 6.07) is 16.5. The summed E-state index contributed by atoms with van der Waals surface area (Å²) in [6.07, 6.45) is -1.55. The second kappa shape index (κ2) is 9.03. The predicted octanol–water partition coefficient (Wildman–Crippen LogP) is 6.08. The fraction of sp³-hybridized carbons (Fsp3) is 0.360. The summed E-state index contributed by atoms with van der Waals surface area (Å²) < 4.78 is 43.9. The molecular weight excluding hydrogens is 463 g/mol. The molecule has 0 spiro atoms. The molecule has 3 saturated heterocycles. The average Bonchev–Trinajstić information content (AvgIpc) is 3.32. The second-order valence-corrected chi connectivity index (χ2v) is 9.72. The number of amides is 1. The lowest BCUT2D eigenvalue weighted by molar-refractivity contribution is -0.134. The Balaban J connectivity index is 1.39. The van der Waals surface area contributed by atoms with Crippen LogP contribution in [0, 0.1) is 5.92 Å². The zero-order valence-electron chi connectivity index (χ0n) is 18.5. The molecule has 0 N–H and O–H groups in total. The van der Waals surface area contributed by atoms with Crippen molar-refractivity contribution in [3.8, 4) is 10.9 Å². The number of alkyl halides is 3. The zero-order valence-corrected chi connectivity index (χ0v) is 19.4. The summed E-state index contributed by atoms with van der Waals surface area (Å²) >= 11 is 0.435. The topological polar surface area (TPSA) is 45.7 Å². The number of carbonyl (C=O) groups is 1. The van der Waals surface area contributed by atoms with E-state index in [0.717, 1.165) is 37.8 Å². The summed E-state index contributed by atoms with van der Waals surface area (Å²) in [4.78, 5) is 21.0. The van der Waals surface area contributed by atoms with Crippen LogP contribution in [0.15, 0.2) is 60.8 Å². The van der Waals surface area contributed by atoms with E-state index in [4.69, 9.17) is 4.74 Å². The first-order valence-corrected chi connectivity index (χ1v) is 12.1. The van der Waals surface area contributed by atoms with E-state index in [-0.39, 0.29) is 23.2 Å². The molecule has 6 rings (SSSR count). The van der Waals surface area contributed by atoms with E-state index in [1.807, 2.05) is 35.2 Å². The van der Waals surface area contributed by atoms with Crippen LogP contribution in [0.1, 0.15) is 35.0 Å². The van der Waals surface area contributed by atoms with Crippen molar-refractivity contribution in [3.05, 3.63) is 71.2 Å². The SMILES string of the molecule is C[C@H]1[C@H](N(C(=O)c2ccc(Oc3ncc(C(F)(F)F)s3)cc2)c2ccccc2)C2CCN1CC2. The Morgan fingerprint density at radius 1 is 1.09 bits per heavy atom. The third kappa shape index (κ3) is 4.42. The smallest absolute Gasteiger partial charge is 0.427 e. The molecule has 5 nitrogen and oxygen atoms in total. The Morgan fingerprint density at radius 3 is 2.35 bits per heavy atom. The number of hydrogen-bond acceptors (Lipinski definition) is 5. The number of rotatable bonds is 5. The van der Waals surface area contributed by atoms with E-state index in [0.29, 0.717) is 28.6 Å². The summed E-state index contributed by atoms with van der Waals surface area (Å²) in [5, 5.41) is -0.0987. The number of carbonyl (C=O) groups excluding carboxylic acids is 1. The Kier molecular flexibility index (Phi) is 6.07. The van der Waals surface area contributed by atoms with Crippen molar-refractivity contribution in [3.63, 3.8) is 0 Å². The molecule has 3 aliphatic heterocycles. The fourth-order valence-corrected chi connectivity index (χ4v) is 5.71. The maximum absolute atomic E-state index is 13.8. The number of aromatic nitrogens is 1. The predicted molar refractivity (Wildman–Crippen MR) is 124 cm³/mol. The van der Waals surface area contributed by atoms with Crippen LogP contribution in [0.5, 0.6) is 10.9 Å². The van der Waals surface area contributed by atoms with Gasteiger partial charge in [0.05, 0.1) is 12.2 Å². The van der Waals surface area contributed by atoms with Crippen molar-refractivity contribution in [1.82, 2.24) is 9.88 Å². The van der Waals surface area contributed by atoms with Crippen LogP contribution in [0.3, 0.4) is 0 Å². The average molecular weight is 488 g/mol. The van der Waals surface area contributed by atoms with Crippen molar-refractivity contribution >= 4 is 22.9 Å². The molecule has 0 radical (unpaired) electrons. The Hall–Kier alpha value is -2.91. The lowest BCUT2D eigenvalue weighted by Gasteiger charge is -2.53. The number of halogens is 3. The van der Waals surface area contributed by atoms with Crippen LogP contribution < -0.4 is 9.64 Å². The van der Waals surface area contributed by atoms with Crippen LogP contribution >= 0.6 is 11.3 Å². The molecule has 9 heteroatoms. The molecule has 34 heavy (non-hydrogen) atoms. The molecule has 2 atom stereocenters. The Bertz CT molecular complexity index is 1140. The number of benzene rings is 2. The van der Waals surface area contributed by atoms with Gasteiger partial charge in [0.25, 0.3) is 11.1 Å². The van der Waals surface area contributed by atoms with Crippen LogP contribution in [-0.2, 0) is 6.18 Å². The third-order valence-corrected chi connectivity index (χ3v) is 7.67. The molecule has 1 amide bonds. The van der Waals surface area contributed by atoms with Gasteiger partial charge in [0.1, 0.15) is 10.6 Å². The van der Waals surface area contributed by atoms with Gasteiger partial charge in [-0.25, -0.2) is 4.98 Å². The highest BCUT2D eigenvalue weighted by atomic mass is 32.1. The zero-order chi connectivity index (χ0) is 23.9. The van der Waals surface area contributed by atoms with E-state index in [9.17, 15) is 18.0 Å². The first-order chi connectivity index (χ1) is 16.3. The standard InChI is InChI=1S/C25H24F3N3O2S/c1-16-22(17-11-13-30(16)14-12-17)31(19-5-3-2-4-6-19)23(32)18-7-9-20(10-8-18)33-24-29-15-21(34-24)25(26,27)28/h2-10,15-17,22H,11-14H2,1H3/t16-,22-/m0/s1. The minimum Gasteiger partial charge on any atom is -0.431 e. The molecule has 2 bridgehead atoms. The maximum Gasteiger partial charge on any atom is 0.427 e. The molecule has 4 heterocycles. The first-order valence-electron chi connectivity index (χ1n) is 11.2. The van der Waals surface area contributed by atoms with Crippen molar-refractivity contribution in [1.29, 1.82) is 0 Å². The number of anilines is 1. The van der Waals surface area contributed by atoms with E-state index < -0.39 is 11.1 Å². The molecule has 0 unspecified atom stereocenters. The lowest BCUT2D eigenvalue weighted by atomic mass is 9.78. The molecule has 178 valence electrons. The van der Waals surface area contributed by atoms with Crippen molar-refractivity contribution in [2.24, 2.45) is 5.92 Å². The summed E-state index contributed by atoms with van der Waals surface area (Å²) in [7, 11) is 0. The number of piperidine rings is 3. The quantitative estimate of drug-likeness (QED) is 0.437. The monoisotopic (exact) mass is 487 g/mol. The lowest BCUT2D eigenvalue weighted by Crippen LogP contribution is -2.63. The fourth-order valence-electron chi connectivity index (χ4n) is 5.06. The van der Waals surface area contributed by atoms with Crippen molar-refractivity contribution in [2.45, 2.75) is 38.0 Å². The van der Waals surface area contributed by atoms with Crippen LogP contribution in [-0.4, -0.2) is 41.0 Å². The van der Waals surface area contributed by atoms with Gasteiger partial charge in [0, 0.05) is 17.3 Å². The highest BCUT2D eigenvalue weighted by Crippen LogP contribution is 2.39. The molecule has 3 aromatic rings. The number of hydrogen-bond donors (Lipinski definition) is 0. The third-order valence-electron chi connectivity index (χ3n) is 6.75. The van der Waals surface area contributed by atoms with E-state index in [1.54, 1.807) is 24.3 Å². The van der Waals surface area contributed by atoms with E-state index in [2.05, 4.69) is 16.8 Å². The summed E-state index contributed by atoms with van der Waals surface area (Å²) in [5.74, 6) is 0.665. The molecule has 0 aliphatic carbocycles. The van der Waals surface area contributed by atoms with Gasteiger partial charge in [0.15, 0.2) is 0 Å². The van der Waals surface area contributed by atoms with Gasteiger partial charge in [0.2, 0.25) is 0 Å². The number of thiazole rings is 1. The van der Waals surface area contributed by atoms with Crippen molar-refractivity contribution in [2.75, 3.05) is 18.0 Å². The van der Waals surface area contributed by atoms with Gasteiger partial charge in [-0.2, -0.15) is 13.2 Å². The molecule has 2 aromatic carbocycles. The summed E-state index contributed by atoms with van der Waals surface area (Å²) in [5.41, 5.74) is 1.36. The Labute approximate surface area is 199 Å². The van der Waals surface area contributed by atoms with Gasteiger partial charge in [-0.3, -0.25) is 9.69 Å². The van der Waals surface area contributed by atoms with Gasteiger partial charge >= 0.3 is 6.18 Å². The van der Waals surface area contributed by atoms with Crippen molar-refractivity contribution < 1.29 is 22.7 Å². The number of fused-ring (bicyclic) bond motifs is 3. The van der Waals surface area contributed by atoms with Gasteiger partial charge < -0.3 is 9.64 Å². The molecule has 3 fully saturated rings. The maximum atomic E-state index is 13.8. The van der Waals surface area contributed by atoms with Gasteiger partial charge in [-0.1, -0.05) is 29.5 Å².